The van der Waals surface area contributed by atoms with Gasteiger partial charge in [-0.25, -0.2) is 4.79 Å². The zero-order chi connectivity index (χ0) is 15.4. The predicted octanol–water partition coefficient (Wildman–Crippen LogP) is 1.75. The number of benzene rings is 1. The molecule has 0 saturated carbocycles. The summed E-state index contributed by atoms with van der Waals surface area (Å²) in [5.74, 6) is -1.39. The molecule has 1 saturated heterocycles. The van der Waals surface area contributed by atoms with Gasteiger partial charge in [-0.05, 0) is 31.0 Å². The molecule has 2 rings (SSSR count). The van der Waals surface area contributed by atoms with Crippen LogP contribution in [0.2, 0.25) is 5.02 Å². The second-order valence-corrected chi connectivity index (χ2v) is 5.29. The monoisotopic (exact) mass is 313 g/mol. The third-order valence-corrected chi connectivity index (χ3v) is 3.60. The minimum atomic E-state index is -1.00. The summed E-state index contributed by atoms with van der Waals surface area (Å²) in [5.41, 5.74) is 0.174. The van der Waals surface area contributed by atoms with Crippen LogP contribution in [0, 0.1) is 0 Å². The lowest BCUT2D eigenvalue weighted by Crippen LogP contribution is -2.41. The number of rotatable bonds is 4. The highest BCUT2D eigenvalue weighted by Gasteiger charge is 2.26. The molecule has 1 aliphatic heterocycles. The highest BCUT2D eigenvalue weighted by Crippen LogP contribution is 2.24. The molecule has 0 spiro atoms. The van der Waals surface area contributed by atoms with Crippen LogP contribution in [0.4, 0.5) is 0 Å². The molecule has 0 aliphatic carbocycles. The first-order chi connectivity index (χ1) is 9.97. The highest BCUT2D eigenvalue weighted by atomic mass is 35.5. The topological polar surface area (TPSA) is 87.1 Å². The van der Waals surface area contributed by atoms with Gasteiger partial charge in [0.1, 0.15) is 12.4 Å². The fourth-order valence-electron chi connectivity index (χ4n) is 2.26. The van der Waals surface area contributed by atoms with E-state index < -0.39 is 5.97 Å². The average Bonchev–Trinajstić information content (AvgIpc) is 2.47. The van der Waals surface area contributed by atoms with Crippen molar-refractivity contribution in [1.29, 1.82) is 0 Å². The van der Waals surface area contributed by atoms with Gasteiger partial charge < -0.3 is 19.8 Å². The van der Waals surface area contributed by atoms with Crippen LogP contribution < -0.4 is 0 Å². The Morgan fingerprint density at radius 1 is 1.33 bits per heavy atom. The van der Waals surface area contributed by atoms with Crippen LogP contribution in [0.3, 0.4) is 0 Å². The Bertz CT molecular complexity index is 540. The SMILES string of the molecule is O=C(O)COC1CCN(C(=O)c2cc(Cl)ccc2O)CC1. The minimum Gasteiger partial charge on any atom is -0.507 e. The molecule has 21 heavy (non-hydrogen) atoms. The Labute approximate surface area is 126 Å². The number of hydrogen-bond donors (Lipinski definition) is 2. The number of ether oxygens (including phenoxy) is 1. The lowest BCUT2D eigenvalue weighted by atomic mass is 10.1. The Morgan fingerprint density at radius 3 is 2.62 bits per heavy atom. The van der Waals surface area contributed by atoms with E-state index in [9.17, 15) is 14.7 Å². The summed E-state index contributed by atoms with van der Waals surface area (Å²) in [4.78, 5) is 24.4. The van der Waals surface area contributed by atoms with Gasteiger partial charge in [0.05, 0.1) is 11.7 Å². The maximum Gasteiger partial charge on any atom is 0.329 e. The molecule has 2 N–H and O–H groups in total. The van der Waals surface area contributed by atoms with Crippen LogP contribution in [0.1, 0.15) is 23.2 Å². The number of phenols is 1. The molecule has 114 valence electrons. The summed E-state index contributed by atoms with van der Waals surface area (Å²) < 4.78 is 5.21. The van der Waals surface area contributed by atoms with Crippen molar-refractivity contribution in [1.82, 2.24) is 4.90 Å². The van der Waals surface area contributed by atoms with Crippen molar-refractivity contribution >= 4 is 23.5 Å². The van der Waals surface area contributed by atoms with Gasteiger partial charge in [-0.1, -0.05) is 11.6 Å². The van der Waals surface area contributed by atoms with Crippen molar-refractivity contribution < 1.29 is 24.5 Å². The first-order valence-electron chi connectivity index (χ1n) is 6.58. The van der Waals surface area contributed by atoms with Crippen molar-refractivity contribution in [2.24, 2.45) is 0 Å². The Morgan fingerprint density at radius 2 is 2.00 bits per heavy atom. The van der Waals surface area contributed by atoms with Gasteiger partial charge >= 0.3 is 5.97 Å². The first-order valence-corrected chi connectivity index (χ1v) is 6.96. The molecule has 1 aliphatic rings. The van der Waals surface area contributed by atoms with Gasteiger partial charge in [-0.15, -0.1) is 0 Å². The predicted molar refractivity (Wildman–Crippen MR) is 75.6 cm³/mol. The molecule has 1 amide bonds. The first kappa shape index (κ1) is 15.6. The molecule has 6 nitrogen and oxygen atoms in total. The molecule has 0 unspecified atom stereocenters. The molecule has 0 radical (unpaired) electrons. The lowest BCUT2D eigenvalue weighted by Gasteiger charge is -2.31. The maximum atomic E-state index is 12.3. The lowest BCUT2D eigenvalue weighted by molar-refractivity contribution is -0.145. The number of phenolic OH excluding ortho intramolecular Hbond substituents is 1. The standard InChI is InChI=1S/C14H16ClNO5/c15-9-1-2-12(17)11(7-9)14(20)16-5-3-10(4-6-16)21-8-13(18)19/h1-2,7,10,17H,3-6,8H2,(H,18,19). The van der Waals surface area contributed by atoms with Crippen LogP contribution in [-0.4, -0.2) is 52.8 Å². The van der Waals surface area contributed by atoms with Gasteiger partial charge in [0.2, 0.25) is 0 Å². The normalized spacial score (nSPS) is 16.0. The summed E-state index contributed by atoms with van der Waals surface area (Å²) in [6.07, 6.45) is 0.985. The van der Waals surface area contributed by atoms with Crippen LogP contribution in [0.5, 0.6) is 5.75 Å². The van der Waals surface area contributed by atoms with E-state index in [4.69, 9.17) is 21.4 Å². The van der Waals surface area contributed by atoms with Crippen molar-refractivity contribution in [3.05, 3.63) is 28.8 Å². The van der Waals surface area contributed by atoms with Crippen LogP contribution in [-0.2, 0) is 9.53 Å². The number of piperidine rings is 1. The summed E-state index contributed by atoms with van der Waals surface area (Å²) >= 11 is 5.84. The third kappa shape index (κ3) is 4.09. The number of halogens is 1. The quantitative estimate of drug-likeness (QED) is 0.884. The van der Waals surface area contributed by atoms with E-state index >= 15 is 0 Å². The van der Waals surface area contributed by atoms with Gasteiger partial charge in [-0.3, -0.25) is 4.79 Å². The Kier molecular flexibility index (Phi) is 5.03. The van der Waals surface area contributed by atoms with Crippen molar-refractivity contribution in [3.63, 3.8) is 0 Å². The molecule has 0 aromatic heterocycles. The average molecular weight is 314 g/mol. The van der Waals surface area contributed by atoms with E-state index in [1.54, 1.807) is 4.90 Å². The summed E-state index contributed by atoms with van der Waals surface area (Å²) in [5, 5.41) is 18.7. The number of carbonyl (C=O) groups excluding carboxylic acids is 1. The largest absolute Gasteiger partial charge is 0.507 e. The van der Waals surface area contributed by atoms with Crippen molar-refractivity contribution in [2.75, 3.05) is 19.7 Å². The van der Waals surface area contributed by atoms with E-state index in [0.717, 1.165) is 0 Å². The number of hydrogen-bond acceptors (Lipinski definition) is 4. The second kappa shape index (κ2) is 6.78. The number of carbonyl (C=O) groups is 2. The molecule has 0 atom stereocenters. The van der Waals surface area contributed by atoms with Gasteiger partial charge in [-0.2, -0.15) is 0 Å². The van der Waals surface area contributed by atoms with Crippen LogP contribution >= 0.6 is 11.6 Å². The molecule has 1 aromatic rings. The van der Waals surface area contributed by atoms with Crippen LogP contribution in [0.15, 0.2) is 18.2 Å². The number of likely N-dealkylation sites (tertiary alicyclic amines) is 1. The maximum absolute atomic E-state index is 12.3. The molecule has 7 heteroatoms. The van der Waals surface area contributed by atoms with E-state index in [0.29, 0.717) is 31.0 Å². The second-order valence-electron chi connectivity index (χ2n) is 4.86. The number of aromatic hydroxyl groups is 1. The molecule has 1 fully saturated rings. The van der Waals surface area contributed by atoms with E-state index in [1.165, 1.54) is 18.2 Å². The summed E-state index contributed by atoms with van der Waals surface area (Å²) in [6, 6.07) is 4.34. The van der Waals surface area contributed by atoms with Gasteiger partial charge in [0.25, 0.3) is 5.91 Å². The molecular formula is C14H16ClNO5. The molecule has 1 aromatic carbocycles. The molecular weight excluding hydrogens is 298 g/mol. The number of carboxylic acids is 1. The summed E-state index contributed by atoms with van der Waals surface area (Å²) in [7, 11) is 0. The Balaban J connectivity index is 1.94. The number of amides is 1. The Hall–Kier alpha value is -1.79. The van der Waals surface area contributed by atoms with Gasteiger partial charge in [0.15, 0.2) is 0 Å². The minimum absolute atomic E-state index is 0.103. The van der Waals surface area contributed by atoms with Crippen molar-refractivity contribution in [3.8, 4) is 5.75 Å². The van der Waals surface area contributed by atoms with E-state index in [1.807, 2.05) is 0 Å². The van der Waals surface area contributed by atoms with Gasteiger partial charge in [0, 0.05) is 18.1 Å². The molecule has 0 bridgehead atoms. The van der Waals surface area contributed by atoms with E-state index in [2.05, 4.69) is 0 Å². The zero-order valence-electron chi connectivity index (χ0n) is 11.3. The highest BCUT2D eigenvalue weighted by molar-refractivity contribution is 6.31. The number of nitrogens with zero attached hydrogens (tertiary/aromatic N) is 1. The number of carboxylic acid groups (broad SMARTS) is 1. The summed E-state index contributed by atoms with van der Waals surface area (Å²) in [6.45, 7) is 0.581. The number of aliphatic carboxylic acids is 1. The van der Waals surface area contributed by atoms with Crippen molar-refractivity contribution in [2.45, 2.75) is 18.9 Å². The molecule has 1 heterocycles. The van der Waals surface area contributed by atoms with Crippen LogP contribution in [0.25, 0.3) is 0 Å². The third-order valence-electron chi connectivity index (χ3n) is 3.36. The van der Waals surface area contributed by atoms with E-state index in [-0.39, 0.29) is 29.9 Å². The zero-order valence-corrected chi connectivity index (χ0v) is 12.0. The fraction of sp³-hybridized carbons (Fsp3) is 0.429. The fourth-order valence-corrected chi connectivity index (χ4v) is 2.44. The smallest absolute Gasteiger partial charge is 0.329 e.